The van der Waals surface area contributed by atoms with Gasteiger partial charge in [0.05, 0.1) is 4.90 Å². The van der Waals surface area contributed by atoms with Crippen LogP contribution in [0.1, 0.15) is 43.7 Å². The van der Waals surface area contributed by atoms with Crippen LogP contribution in [-0.2, 0) is 16.6 Å². The molecule has 2 N–H and O–H groups in total. The van der Waals surface area contributed by atoms with Gasteiger partial charge in [0.1, 0.15) is 0 Å². The molecule has 0 heterocycles. The molecule has 0 amide bonds. The van der Waals surface area contributed by atoms with Crippen molar-refractivity contribution >= 4 is 10.0 Å². The van der Waals surface area contributed by atoms with Gasteiger partial charge in [-0.1, -0.05) is 12.1 Å². The van der Waals surface area contributed by atoms with Gasteiger partial charge >= 0.3 is 0 Å². The van der Waals surface area contributed by atoms with Gasteiger partial charge in [0.25, 0.3) is 0 Å². The van der Waals surface area contributed by atoms with Crippen molar-refractivity contribution in [1.82, 2.24) is 10.0 Å². The fourth-order valence-electron chi connectivity index (χ4n) is 2.26. The van der Waals surface area contributed by atoms with Crippen molar-refractivity contribution in [2.24, 2.45) is 0 Å². The van der Waals surface area contributed by atoms with Crippen molar-refractivity contribution in [2.45, 2.75) is 62.6 Å². The number of hydrogen-bond donors (Lipinski definition) is 2. The average Bonchev–Trinajstić information content (AvgIpc) is 3.26. The maximum atomic E-state index is 12.5. The van der Waals surface area contributed by atoms with Crippen LogP contribution in [0, 0.1) is 6.92 Å². The highest BCUT2D eigenvalue weighted by atomic mass is 32.2. The van der Waals surface area contributed by atoms with E-state index in [2.05, 4.69) is 10.0 Å². The second kappa shape index (κ2) is 4.83. The van der Waals surface area contributed by atoms with E-state index >= 15 is 0 Å². The Morgan fingerprint density at radius 3 is 2.60 bits per heavy atom. The number of benzene rings is 1. The molecule has 0 atom stereocenters. The van der Waals surface area contributed by atoms with Crippen molar-refractivity contribution < 1.29 is 8.42 Å². The summed E-state index contributed by atoms with van der Waals surface area (Å²) in [6.07, 6.45) is 4.32. The molecule has 1 aromatic rings. The zero-order chi connectivity index (χ0) is 14.4. The van der Waals surface area contributed by atoms with E-state index in [1.165, 1.54) is 12.8 Å². The van der Waals surface area contributed by atoms with Crippen molar-refractivity contribution in [3.8, 4) is 0 Å². The van der Waals surface area contributed by atoms with E-state index in [0.717, 1.165) is 30.5 Å². The Morgan fingerprint density at radius 2 is 2.00 bits per heavy atom. The summed E-state index contributed by atoms with van der Waals surface area (Å²) in [6, 6.07) is 6.33. The van der Waals surface area contributed by atoms with E-state index in [-0.39, 0.29) is 5.54 Å². The number of rotatable bonds is 6. The molecule has 0 radical (unpaired) electrons. The highest BCUT2D eigenvalue weighted by Crippen LogP contribution is 2.36. The van der Waals surface area contributed by atoms with Crippen LogP contribution in [0.4, 0.5) is 0 Å². The quantitative estimate of drug-likeness (QED) is 0.844. The number of hydrogen-bond acceptors (Lipinski definition) is 3. The summed E-state index contributed by atoms with van der Waals surface area (Å²) in [5.74, 6) is 0. The summed E-state index contributed by atoms with van der Waals surface area (Å²) in [6.45, 7) is 4.55. The monoisotopic (exact) mass is 294 g/mol. The van der Waals surface area contributed by atoms with E-state index in [1.54, 1.807) is 6.07 Å². The molecule has 20 heavy (non-hydrogen) atoms. The van der Waals surface area contributed by atoms with Crippen LogP contribution in [0.25, 0.3) is 0 Å². The van der Waals surface area contributed by atoms with Crippen LogP contribution in [-0.4, -0.2) is 20.0 Å². The van der Waals surface area contributed by atoms with Crippen molar-refractivity contribution in [3.05, 3.63) is 29.3 Å². The number of aryl methyl sites for hydroxylation is 1. The van der Waals surface area contributed by atoms with Crippen LogP contribution in [0.15, 0.2) is 23.1 Å². The maximum Gasteiger partial charge on any atom is 0.241 e. The van der Waals surface area contributed by atoms with E-state index in [1.807, 2.05) is 26.0 Å². The third-order valence-electron chi connectivity index (χ3n) is 4.10. The minimum atomic E-state index is -3.41. The standard InChI is InChI=1S/C15H22N2O2S/c1-11-3-4-12(10-16-13-5-6-13)9-14(11)20(18,19)17-15(2)7-8-15/h3-4,9,13,16-17H,5-8,10H2,1-2H3. The highest BCUT2D eigenvalue weighted by Gasteiger charge is 2.41. The fraction of sp³-hybridized carbons (Fsp3) is 0.600. The van der Waals surface area contributed by atoms with Crippen LogP contribution < -0.4 is 10.0 Å². The second-order valence-corrected chi connectivity index (χ2v) is 8.07. The molecule has 0 spiro atoms. The number of nitrogens with one attached hydrogen (secondary N) is 2. The van der Waals surface area contributed by atoms with Crippen LogP contribution in [0.3, 0.4) is 0 Å². The molecule has 2 aliphatic rings. The minimum absolute atomic E-state index is 0.229. The molecule has 4 nitrogen and oxygen atoms in total. The summed E-state index contributed by atoms with van der Waals surface area (Å²) in [4.78, 5) is 0.417. The van der Waals surface area contributed by atoms with Crippen LogP contribution >= 0.6 is 0 Å². The molecule has 0 unspecified atom stereocenters. The lowest BCUT2D eigenvalue weighted by molar-refractivity contribution is 0.557. The Bertz CT molecular complexity index is 617. The van der Waals surface area contributed by atoms with Gasteiger partial charge in [-0.05, 0) is 56.7 Å². The Hall–Kier alpha value is -0.910. The molecule has 0 aromatic heterocycles. The normalized spacial score (nSPS) is 20.9. The SMILES string of the molecule is Cc1ccc(CNC2CC2)cc1S(=O)(=O)NC1(C)CC1. The molecule has 5 heteroatoms. The smallest absolute Gasteiger partial charge is 0.241 e. The van der Waals surface area contributed by atoms with E-state index < -0.39 is 10.0 Å². The minimum Gasteiger partial charge on any atom is -0.310 e. The fourth-order valence-corrected chi connectivity index (χ4v) is 4.02. The summed E-state index contributed by atoms with van der Waals surface area (Å²) in [5, 5.41) is 3.42. The molecule has 1 aromatic carbocycles. The molecular weight excluding hydrogens is 272 g/mol. The third-order valence-corrected chi connectivity index (χ3v) is 5.88. The van der Waals surface area contributed by atoms with Gasteiger partial charge in [0.2, 0.25) is 10.0 Å². The lowest BCUT2D eigenvalue weighted by Gasteiger charge is -2.15. The first-order valence-corrected chi connectivity index (χ1v) is 8.73. The molecule has 110 valence electrons. The second-order valence-electron chi connectivity index (χ2n) is 6.42. The van der Waals surface area contributed by atoms with Gasteiger partial charge in [0.15, 0.2) is 0 Å². The third kappa shape index (κ3) is 3.22. The molecule has 2 aliphatic carbocycles. The molecule has 3 rings (SSSR count). The average molecular weight is 294 g/mol. The Labute approximate surface area is 121 Å². The molecule has 2 saturated carbocycles. The lowest BCUT2D eigenvalue weighted by atomic mass is 10.1. The predicted molar refractivity (Wildman–Crippen MR) is 79.0 cm³/mol. The Morgan fingerprint density at radius 1 is 1.30 bits per heavy atom. The van der Waals surface area contributed by atoms with Gasteiger partial charge in [-0.15, -0.1) is 0 Å². The van der Waals surface area contributed by atoms with Crippen molar-refractivity contribution in [1.29, 1.82) is 0 Å². The maximum absolute atomic E-state index is 12.5. The molecular formula is C15H22N2O2S. The van der Waals surface area contributed by atoms with Crippen molar-refractivity contribution in [3.63, 3.8) is 0 Å². The van der Waals surface area contributed by atoms with Crippen LogP contribution in [0.2, 0.25) is 0 Å². The highest BCUT2D eigenvalue weighted by molar-refractivity contribution is 7.89. The Balaban J connectivity index is 1.80. The molecule has 0 bridgehead atoms. The first-order valence-electron chi connectivity index (χ1n) is 7.25. The molecule has 0 aliphatic heterocycles. The summed E-state index contributed by atoms with van der Waals surface area (Å²) in [5.41, 5.74) is 1.61. The first-order chi connectivity index (χ1) is 9.38. The summed E-state index contributed by atoms with van der Waals surface area (Å²) < 4.78 is 27.8. The predicted octanol–water partition coefficient (Wildman–Crippen LogP) is 2.08. The lowest BCUT2D eigenvalue weighted by Crippen LogP contribution is -2.34. The zero-order valence-corrected chi connectivity index (χ0v) is 12.9. The summed E-state index contributed by atoms with van der Waals surface area (Å²) >= 11 is 0. The van der Waals surface area contributed by atoms with Gasteiger partial charge in [-0.2, -0.15) is 0 Å². The first kappa shape index (κ1) is 14.0. The Kier molecular flexibility index (Phi) is 3.39. The zero-order valence-electron chi connectivity index (χ0n) is 12.1. The van der Waals surface area contributed by atoms with Gasteiger partial charge in [-0.3, -0.25) is 0 Å². The van der Waals surface area contributed by atoms with Gasteiger partial charge in [-0.25, -0.2) is 13.1 Å². The topological polar surface area (TPSA) is 58.2 Å². The van der Waals surface area contributed by atoms with Crippen molar-refractivity contribution in [2.75, 3.05) is 0 Å². The van der Waals surface area contributed by atoms with E-state index in [0.29, 0.717) is 10.9 Å². The summed E-state index contributed by atoms with van der Waals surface area (Å²) in [7, 11) is -3.41. The largest absolute Gasteiger partial charge is 0.310 e. The van der Waals surface area contributed by atoms with E-state index in [4.69, 9.17) is 0 Å². The van der Waals surface area contributed by atoms with Gasteiger partial charge < -0.3 is 5.32 Å². The van der Waals surface area contributed by atoms with Gasteiger partial charge in [0, 0.05) is 18.1 Å². The van der Waals surface area contributed by atoms with Crippen LogP contribution in [0.5, 0.6) is 0 Å². The number of sulfonamides is 1. The molecule has 0 saturated heterocycles. The molecule has 2 fully saturated rings. The van der Waals surface area contributed by atoms with E-state index in [9.17, 15) is 8.42 Å².